The van der Waals surface area contributed by atoms with Crippen LogP contribution in [0.1, 0.15) is 122 Å². The molecule has 30 N–H and O–H groups in total. The van der Waals surface area contributed by atoms with Gasteiger partial charge in [-0.1, -0.05) is 58.0 Å². The van der Waals surface area contributed by atoms with Crippen molar-refractivity contribution in [3.05, 3.63) is 114 Å². The van der Waals surface area contributed by atoms with E-state index in [-0.39, 0.29) is 74.1 Å². The number of carbonyl (C=O) groups is 18. The van der Waals surface area contributed by atoms with Crippen LogP contribution in [0, 0.1) is 49.8 Å². The number of fused-ring (bicyclic) bond motifs is 1. The minimum absolute atomic E-state index is 0.00169. The number of nitrogens with two attached hydrogens (primary N) is 4. The van der Waals surface area contributed by atoms with Gasteiger partial charge in [0.25, 0.3) is 11.4 Å². The number of benzene rings is 3. The molecule has 15 amide bonds. The van der Waals surface area contributed by atoms with E-state index in [1.807, 2.05) is 0 Å². The van der Waals surface area contributed by atoms with Crippen LogP contribution >= 0.6 is 0 Å². The van der Waals surface area contributed by atoms with E-state index in [9.17, 15) is 132 Å². The number of nitro groups is 2. The number of non-ortho nitro benzene ring substituents is 1. The molecule has 0 aliphatic rings. The molecule has 52 heteroatoms. The number of nitrogens with one attached hydrogen (secondary N) is 18. The maximum Gasteiger partial charge on any atom is 0.340 e. The van der Waals surface area contributed by atoms with E-state index in [4.69, 9.17) is 38.2 Å². The molecule has 4 rings (SSSR count). The van der Waals surface area contributed by atoms with Crippen LogP contribution in [0.25, 0.3) is 11.0 Å². The number of amides is 15. The SMILES string of the molecule is Cc1c(CC(N)=O)c(=O)oc2ccc(NC(=O)CNC(=O)[C@H](CCCNC(=N)N)NC(=O)[C@H](CCCNC(=N)N)NC(=O)[C@H](Cc3ccccc3)NC(=O)[C@H](CCC(=O)O)NC(=O)[C@H](C)NC(=O)[C@H](CC(=O)O)NC(=O)[C@H](CC(C)C)NC(=O)[C@H](CC(N)=O)NC(=O)[C@@H](NC(=O)[C@H](CCC(=O)O)NC(=O)[C@H](CO)NC(=O)CNc3ccc([N+](=O)[O-])cc3[N+](=O)[O-])C(C)C)cc12. The first-order valence-electron chi connectivity index (χ1n) is 40.2. The van der Waals surface area contributed by atoms with E-state index in [2.05, 4.69) is 85.1 Å². The molecule has 11 atom stereocenters. The Morgan fingerprint density at radius 2 is 0.969 bits per heavy atom. The summed E-state index contributed by atoms with van der Waals surface area (Å²) in [6, 6.07) is -5.46. The van der Waals surface area contributed by atoms with Gasteiger partial charge in [-0.3, -0.25) is 117 Å². The summed E-state index contributed by atoms with van der Waals surface area (Å²) in [5, 5.41) is 116. The summed E-state index contributed by atoms with van der Waals surface area (Å²) in [5.41, 5.74) is 20.2. The number of nitrogens with zero attached hydrogens (tertiary/aromatic N) is 2. The zero-order valence-corrected chi connectivity index (χ0v) is 71.4. The zero-order chi connectivity index (χ0) is 97.5. The van der Waals surface area contributed by atoms with E-state index < -0.39 is 288 Å². The molecule has 52 nitrogen and oxygen atoms in total. The highest BCUT2D eigenvalue weighted by atomic mass is 16.6. The minimum atomic E-state index is -2.13. The minimum Gasteiger partial charge on any atom is -0.481 e. The molecule has 708 valence electrons. The third-order valence-electron chi connectivity index (χ3n) is 19.1. The third kappa shape index (κ3) is 36.9. The number of guanidine groups is 2. The van der Waals surface area contributed by atoms with Gasteiger partial charge >= 0.3 is 23.5 Å². The Kier molecular flexibility index (Phi) is 43.0. The lowest BCUT2D eigenvalue weighted by atomic mass is 10.00. The van der Waals surface area contributed by atoms with Crippen molar-refractivity contribution in [2.45, 2.75) is 191 Å². The fourth-order valence-corrected chi connectivity index (χ4v) is 12.5. The molecule has 0 aliphatic heterocycles. The molecule has 0 spiro atoms. The predicted molar refractivity (Wildman–Crippen MR) is 457 cm³/mol. The second-order valence-corrected chi connectivity index (χ2v) is 30.4. The van der Waals surface area contributed by atoms with Gasteiger partial charge in [-0.2, -0.15) is 0 Å². The smallest absolute Gasteiger partial charge is 0.340 e. The molecule has 3 aromatic carbocycles. The van der Waals surface area contributed by atoms with E-state index >= 15 is 0 Å². The Bertz CT molecular complexity index is 4930. The normalized spacial score (nSPS) is 13.5. The Morgan fingerprint density at radius 3 is 1.48 bits per heavy atom. The number of carboxylic acid groups (broad SMARTS) is 3. The van der Waals surface area contributed by atoms with Crippen LogP contribution < -0.4 is 114 Å². The fraction of sp³-hybridized carbons (Fsp3) is 0.474. The first-order chi connectivity index (χ1) is 61.1. The monoisotopic (exact) mass is 1830 g/mol. The van der Waals surface area contributed by atoms with Gasteiger partial charge < -0.3 is 133 Å². The van der Waals surface area contributed by atoms with Gasteiger partial charge in [-0.25, -0.2) is 4.79 Å². The largest absolute Gasteiger partial charge is 0.481 e. The molecule has 0 unspecified atom stereocenters. The van der Waals surface area contributed by atoms with Gasteiger partial charge in [-0.15, -0.1) is 0 Å². The molecule has 0 fully saturated rings. The summed E-state index contributed by atoms with van der Waals surface area (Å²) in [6.07, 6.45) is -6.90. The second kappa shape index (κ2) is 52.4. The molecule has 1 heterocycles. The number of aliphatic carboxylic acids is 3. The van der Waals surface area contributed by atoms with Crippen LogP contribution in [-0.4, -0.2) is 248 Å². The van der Waals surface area contributed by atoms with Crippen molar-refractivity contribution in [2.75, 3.05) is 43.4 Å². The molecule has 0 bridgehead atoms. The van der Waals surface area contributed by atoms with E-state index in [0.29, 0.717) is 22.6 Å². The molecule has 1 aromatic heterocycles. The lowest BCUT2D eigenvalue weighted by molar-refractivity contribution is -0.393. The Morgan fingerprint density at radius 1 is 0.485 bits per heavy atom. The van der Waals surface area contributed by atoms with Crippen molar-refractivity contribution in [2.24, 2.45) is 34.8 Å². The van der Waals surface area contributed by atoms with Gasteiger partial charge in [0, 0.05) is 49.5 Å². The maximum atomic E-state index is 14.8. The third-order valence-corrected chi connectivity index (χ3v) is 19.1. The number of hydrogen-bond acceptors (Lipinski definition) is 28. The number of nitro benzene ring substituents is 2. The van der Waals surface area contributed by atoms with Crippen molar-refractivity contribution in [3.8, 4) is 0 Å². The van der Waals surface area contributed by atoms with Gasteiger partial charge in [0.2, 0.25) is 88.6 Å². The lowest BCUT2D eigenvalue weighted by Crippen LogP contribution is -2.61. The van der Waals surface area contributed by atoms with Crippen LogP contribution in [0.15, 0.2) is 75.9 Å². The fourth-order valence-electron chi connectivity index (χ4n) is 12.5. The van der Waals surface area contributed by atoms with Crippen LogP contribution in [0.2, 0.25) is 0 Å². The number of carbonyl (C=O) groups excluding carboxylic acids is 15. The summed E-state index contributed by atoms with van der Waals surface area (Å²) in [5.74, 6) is -24.4. The Balaban J connectivity index is 1.55. The summed E-state index contributed by atoms with van der Waals surface area (Å²) in [4.78, 5) is 277. The summed E-state index contributed by atoms with van der Waals surface area (Å²) < 4.78 is 5.33. The van der Waals surface area contributed by atoms with E-state index in [1.165, 1.54) is 32.0 Å². The highest BCUT2D eigenvalue weighted by Crippen LogP contribution is 2.29. The average Bonchev–Trinajstić information content (AvgIpc) is 0.784. The number of aliphatic hydroxyl groups excluding tert-OH is 1. The Labute approximate surface area is 739 Å². The summed E-state index contributed by atoms with van der Waals surface area (Å²) in [7, 11) is 0. The molecule has 4 aromatic rings. The van der Waals surface area contributed by atoms with Crippen molar-refractivity contribution in [1.82, 2.24) is 74.4 Å². The second-order valence-electron chi connectivity index (χ2n) is 30.4. The van der Waals surface area contributed by atoms with Crippen molar-refractivity contribution in [3.63, 3.8) is 0 Å². The topological polar surface area (TPSA) is 849 Å². The van der Waals surface area contributed by atoms with E-state index in [1.54, 1.807) is 51.1 Å². The number of aryl methyl sites for hydroxylation is 1. The molecule has 0 aliphatic carbocycles. The highest BCUT2D eigenvalue weighted by Gasteiger charge is 2.39. The standard InChI is InChI=1S/C78H108N24O28/c1-36(2)26-50(96-73(122)52(31-58(80)105)99-75(124)64(37(3)4)100-69(118)49(20-23-62(110)111)95-74(123)54(35-103)91-60(107)33-87-45-18-17-42(101(126)127)29-55(45)102(128)129)71(120)98-53(32-63(112)113)70(119)89-39(6)65(114)92-48(19-22-61(108)109)68(117)97-51(27-40-12-8-7-9-13-40)72(121)94-47(15-11-25-86-78(83)84)67(116)93-46(14-10-24-85-77(81)82)66(115)88-34-59(106)90-41-16-21-56-43(28-41)38(5)44(30-57(79)104)76(125)130-56/h7-9,12-13,16-18,21,28-29,36-37,39,46-54,64,87,103H,10-11,14-15,19-20,22-27,30-35H2,1-6H3,(H2,79,104)(H2,80,105)(H,88,115)(H,89,119)(H,90,106)(H,91,107)(H,92,114)(H,93,116)(H,94,121)(H,95,123)(H,96,122)(H,97,117)(H,98,120)(H,99,124)(H,100,118)(H,108,109)(H,110,111)(H,112,113)(H4,81,82,85)(H4,83,84,86)/t39-,46-,47-,48-,49-,50-,51-,52-,53-,54-,64-/m0/s1. The van der Waals surface area contributed by atoms with Crippen molar-refractivity contribution in [1.29, 1.82) is 10.8 Å². The molecule has 0 saturated heterocycles. The van der Waals surface area contributed by atoms with Gasteiger partial charge in [0.1, 0.15) is 77.7 Å². The number of carboxylic acids is 3. The predicted octanol–water partition coefficient (Wildman–Crippen LogP) is -5.99. The van der Waals surface area contributed by atoms with Crippen LogP contribution in [0.3, 0.4) is 0 Å². The average molecular weight is 1830 g/mol. The quantitative estimate of drug-likeness (QED) is 0.00489. The highest BCUT2D eigenvalue weighted by molar-refractivity contribution is 6.02. The van der Waals surface area contributed by atoms with Gasteiger partial charge in [-0.05, 0) is 106 Å². The van der Waals surface area contributed by atoms with Gasteiger partial charge in [0.05, 0.1) is 60.4 Å². The first kappa shape index (κ1) is 107. The van der Waals surface area contributed by atoms with Crippen LogP contribution in [0.4, 0.5) is 22.7 Å². The maximum absolute atomic E-state index is 14.8. The van der Waals surface area contributed by atoms with Crippen LogP contribution in [-0.2, 0) is 99.1 Å². The summed E-state index contributed by atoms with van der Waals surface area (Å²) in [6.45, 7) is 5.63. The van der Waals surface area contributed by atoms with Gasteiger partial charge in [0.15, 0.2) is 11.9 Å². The molecule has 0 saturated carbocycles. The number of anilines is 2. The first-order valence-corrected chi connectivity index (χ1v) is 40.2. The van der Waals surface area contributed by atoms with Crippen molar-refractivity contribution >= 4 is 152 Å². The molecular weight excluding hydrogens is 1720 g/mol. The molecule has 0 radical (unpaired) electrons. The molecule has 130 heavy (non-hydrogen) atoms. The molecular formula is C78H108N24O28. The number of rotatable bonds is 56. The van der Waals surface area contributed by atoms with Crippen LogP contribution in [0.5, 0.6) is 0 Å². The Hall–Kier alpha value is -15.6. The number of aliphatic hydroxyl groups is 1. The van der Waals surface area contributed by atoms with Crippen molar-refractivity contribution < 1.29 is 121 Å². The van der Waals surface area contributed by atoms with E-state index in [0.717, 1.165) is 19.1 Å². The zero-order valence-electron chi connectivity index (χ0n) is 71.4. The lowest BCUT2D eigenvalue weighted by Gasteiger charge is -2.29. The summed E-state index contributed by atoms with van der Waals surface area (Å²) >= 11 is 0. The number of primary amides is 2. The number of hydrogen-bond donors (Lipinski definition) is 26.